The topological polar surface area (TPSA) is 6.48 Å². The molecule has 4 rings (SSSR count). The molecule has 0 N–H and O–H groups in total. The van der Waals surface area contributed by atoms with Crippen LogP contribution in [0.1, 0.15) is 11.1 Å². The first-order valence-corrected chi connectivity index (χ1v) is 17.6. The van der Waals surface area contributed by atoms with Gasteiger partial charge < -0.3 is 9.80 Å². The van der Waals surface area contributed by atoms with Gasteiger partial charge in [-0.3, -0.25) is 0 Å². The van der Waals surface area contributed by atoms with Crippen molar-refractivity contribution in [3.8, 4) is 0 Å². The summed E-state index contributed by atoms with van der Waals surface area (Å²) in [6.45, 7) is -1.08. The Labute approximate surface area is 217 Å². The average Bonchev–Trinajstić information content (AvgIpc) is 2.85. The number of hydrogen-bond donors (Lipinski definition) is 0. The summed E-state index contributed by atoms with van der Waals surface area (Å²) in [6, 6.07) is 39.8. The zero-order valence-electron chi connectivity index (χ0n) is 21.1. The summed E-state index contributed by atoms with van der Waals surface area (Å²) in [7, 11) is 7.15. The molecule has 0 bridgehead atoms. The molecule has 179 valence electrons. The fourth-order valence-electron chi connectivity index (χ4n) is 4.86. The van der Waals surface area contributed by atoms with Gasteiger partial charge in [0, 0.05) is 13.1 Å². The van der Waals surface area contributed by atoms with Gasteiger partial charge in [-0.2, -0.15) is 11.1 Å². The lowest BCUT2D eigenvalue weighted by atomic mass is 10.2. The molecule has 0 aliphatic rings. The first-order chi connectivity index (χ1) is 16.9. The summed E-state index contributed by atoms with van der Waals surface area (Å²) in [5.74, 6) is 0. The number of benzene rings is 4. The monoisotopic (exact) mass is 513 g/mol. The molecule has 0 atom stereocenters. The van der Waals surface area contributed by atoms with Crippen molar-refractivity contribution in [3.05, 3.63) is 120 Å². The molecule has 4 aromatic rings. The molecule has 0 fully saturated rings. The maximum Gasteiger partial charge on any atom is 0.214 e. The Kier molecular flexibility index (Phi) is 8.42. The minimum atomic E-state index is -2.81. The Hall–Kier alpha value is -2.48. The van der Waals surface area contributed by atoms with E-state index in [1.165, 1.54) is 31.9 Å². The summed E-state index contributed by atoms with van der Waals surface area (Å²) in [5.41, 5.74) is 2.65. The van der Waals surface area contributed by atoms with Gasteiger partial charge in [0.05, 0.1) is 0 Å². The maximum atomic E-state index is 8.35. The third-order valence-electron chi connectivity index (χ3n) is 6.22. The van der Waals surface area contributed by atoms with E-state index >= 15 is 0 Å². The Morgan fingerprint density at radius 1 is 0.543 bits per heavy atom. The Morgan fingerprint density at radius 3 is 1.26 bits per heavy atom. The summed E-state index contributed by atoms with van der Waals surface area (Å²) < 4.78 is 0. The summed E-state index contributed by atoms with van der Waals surface area (Å²) in [4.78, 5) is 4.49. The van der Waals surface area contributed by atoms with Crippen molar-refractivity contribution in [1.29, 1.82) is 0 Å². The predicted octanol–water partition coefficient (Wildman–Crippen LogP) is 3.50. The standard InChI is InChI=1S/C30H34ClN2Si2/c1-32(2)23-25-15-11-13-21-29(25)35(31,30-22-14-12-16-26(30)24-33(3)4)34(27-17-7-5-8-18-27)28-19-9-6-10-20-28/h5-22H,23-24H2,1-4H3. The lowest BCUT2D eigenvalue weighted by molar-refractivity contribution is 0.403. The molecule has 35 heavy (non-hydrogen) atoms. The first-order valence-electron chi connectivity index (χ1n) is 12.0. The Bertz CT molecular complexity index is 1140. The van der Waals surface area contributed by atoms with Crippen molar-refractivity contribution in [2.24, 2.45) is 0 Å². The first kappa shape index (κ1) is 25.6. The van der Waals surface area contributed by atoms with E-state index in [0.717, 1.165) is 13.1 Å². The van der Waals surface area contributed by atoms with Gasteiger partial charge in [-0.25, -0.2) is 0 Å². The smallest absolute Gasteiger partial charge is 0.214 e. The van der Waals surface area contributed by atoms with E-state index in [4.69, 9.17) is 11.1 Å². The SMILES string of the molecule is CN(C)Cc1ccccc1[Si](Cl)(c1ccccc1CN(C)C)[Si](c1ccccc1)c1ccccc1. The largest absolute Gasteiger partial charge is 0.305 e. The molecule has 0 aliphatic heterocycles. The van der Waals surface area contributed by atoms with Crippen molar-refractivity contribution in [2.45, 2.75) is 13.1 Å². The van der Waals surface area contributed by atoms with E-state index in [1.54, 1.807) is 0 Å². The van der Waals surface area contributed by atoms with Crippen LogP contribution in [-0.4, -0.2) is 53.2 Å². The normalized spacial score (nSPS) is 12.0. The van der Waals surface area contributed by atoms with Gasteiger partial charge in [0.15, 0.2) is 0 Å². The molecule has 1 radical (unpaired) electrons. The number of nitrogens with zero attached hydrogens (tertiary/aromatic N) is 2. The summed E-state index contributed by atoms with van der Waals surface area (Å²) >= 11 is 8.35. The third kappa shape index (κ3) is 5.68. The molecule has 0 aromatic heterocycles. The molecule has 0 unspecified atom stereocenters. The van der Waals surface area contributed by atoms with Crippen LogP contribution < -0.4 is 20.7 Å². The van der Waals surface area contributed by atoms with Crippen molar-refractivity contribution < 1.29 is 0 Å². The van der Waals surface area contributed by atoms with E-state index in [-0.39, 0.29) is 0 Å². The highest BCUT2D eigenvalue weighted by Crippen LogP contribution is 2.21. The highest BCUT2D eigenvalue weighted by molar-refractivity contribution is 7.68. The number of hydrogen-bond acceptors (Lipinski definition) is 2. The number of rotatable bonds is 9. The second-order valence-corrected chi connectivity index (χ2v) is 20.3. The van der Waals surface area contributed by atoms with Crippen LogP contribution in [0.4, 0.5) is 0 Å². The molecule has 0 spiro atoms. The molecule has 0 amide bonds. The zero-order valence-corrected chi connectivity index (χ0v) is 23.8. The predicted molar refractivity (Wildman–Crippen MR) is 156 cm³/mol. The molecule has 4 aromatic carbocycles. The van der Waals surface area contributed by atoms with Crippen LogP contribution in [-0.2, 0) is 13.1 Å². The lowest BCUT2D eigenvalue weighted by Gasteiger charge is -2.37. The summed E-state index contributed by atoms with van der Waals surface area (Å²) in [5, 5.41) is 5.40. The van der Waals surface area contributed by atoms with Crippen LogP contribution in [0.15, 0.2) is 109 Å². The minimum Gasteiger partial charge on any atom is -0.305 e. The zero-order chi connectivity index (χ0) is 24.8. The molecule has 0 aliphatic carbocycles. The Morgan fingerprint density at radius 2 is 0.886 bits per heavy atom. The maximum absolute atomic E-state index is 8.35. The van der Waals surface area contributed by atoms with Crippen molar-refractivity contribution in [3.63, 3.8) is 0 Å². The second kappa shape index (κ2) is 11.5. The quantitative estimate of drug-likeness (QED) is 0.250. The van der Waals surface area contributed by atoms with Crippen LogP contribution in [0, 0.1) is 0 Å². The second-order valence-electron chi connectivity index (χ2n) is 9.56. The molecule has 0 heterocycles. The van der Waals surface area contributed by atoms with Crippen LogP contribution in [0.5, 0.6) is 0 Å². The minimum absolute atomic E-state index is 0.867. The van der Waals surface area contributed by atoms with E-state index in [2.05, 4.69) is 147 Å². The molecular weight excluding hydrogens is 480 g/mol. The molecule has 0 saturated heterocycles. The van der Waals surface area contributed by atoms with Crippen molar-refractivity contribution in [2.75, 3.05) is 28.2 Å². The van der Waals surface area contributed by atoms with Crippen LogP contribution in [0.25, 0.3) is 0 Å². The molecule has 2 nitrogen and oxygen atoms in total. The van der Waals surface area contributed by atoms with Gasteiger partial charge in [0.2, 0.25) is 6.90 Å². The van der Waals surface area contributed by atoms with Crippen LogP contribution >= 0.6 is 11.1 Å². The van der Waals surface area contributed by atoms with Crippen LogP contribution in [0.3, 0.4) is 0 Å². The molecule has 0 saturated carbocycles. The lowest BCUT2D eigenvalue weighted by Crippen LogP contribution is -2.74. The highest BCUT2D eigenvalue weighted by atomic mass is 35.6. The fraction of sp³-hybridized carbons (Fsp3) is 0.200. The highest BCUT2D eigenvalue weighted by Gasteiger charge is 2.49. The van der Waals surface area contributed by atoms with Gasteiger partial charge in [0.1, 0.15) is 8.31 Å². The third-order valence-corrected chi connectivity index (χ3v) is 19.5. The van der Waals surface area contributed by atoms with E-state index in [1.807, 2.05) is 0 Å². The van der Waals surface area contributed by atoms with Gasteiger partial charge >= 0.3 is 0 Å². The van der Waals surface area contributed by atoms with Gasteiger partial charge in [-0.05, 0) is 49.7 Å². The Balaban J connectivity index is 2.08. The van der Waals surface area contributed by atoms with Crippen molar-refractivity contribution >= 4 is 47.0 Å². The van der Waals surface area contributed by atoms with Gasteiger partial charge in [-0.15, -0.1) is 0 Å². The van der Waals surface area contributed by atoms with E-state index in [9.17, 15) is 0 Å². The fourth-order valence-corrected chi connectivity index (χ4v) is 19.3. The molecular formula is C30H34ClN2Si2. The van der Waals surface area contributed by atoms with Gasteiger partial charge in [-0.1, -0.05) is 120 Å². The summed E-state index contributed by atoms with van der Waals surface area (Å²) in [6.07, 6.45) is 0. The molecule has 5 heteroatoms. The van der Waals surface area contributed by atoms with Crippen molar-refractivity contribution in [1.82, 2.24) is 9.80 Å². The van der Waals surface area contributed by atoms with Crippen LogP contribution in [0.2, 0.25) is 0 Å². The number of halogens is 1. The van der Waals surface area contributed by atoms with Gasteiger partial charge in [0.25, 0.3) is 0 Å². The van der Waals surface area contributed by atoms with E-state index in [0.29, 0.717) is 0 Å². The van der Waals surface area contributed by atoms with E-state index < -0.39 is 15.2 Å². The average molecular weight is 514 g/mol.